The van der Waals surface area contributed by atoms with Gasteiger partial charge < -0.3 is 20.5 Å². The second-order valence-corrected chi connectivity index (χ2v) is 6.55. The van der Waals surface area contributed by atoms with Crippen LogP contribution in [0, 0.1) is 0 Å². The third-order valence-electron chi connectivity index (χ3n) is 4.20. The number of aromatic hydroxyl groups is 1. The summed E-state index contributed by atoms with van der Waals surface area (Å²) in [5.41, 5.74) is 1.66. The highest BCUT2D eigenvalue weighted by Gasteiger charge is 2.17. The molecule has 1 amide bonds. The van der Waals surface area contributed by atoms with E-state index >= 15 is 0 Å². The fourth-order valence-electron chi connectivity index (χ4n) is 2.74. The zero-order valence-corrected chi connectivity index (χ0v) is 16.4. The molecule has 0 fully saturated rings. The predicted molar refractivity (Wildman–Crippen MR) is 113 cm³/mol. The first-order valence-electron chi connectivity index (χ1n) is 8.78. The number of methoxy groups -OCH3 is 1. The van der Waals surface area contributed by atoms with Gasteiger partial charge >= 0.3 is 0 Å². The maximum Gasteiger partial charge on any atom is 0.243 e. The molecule has 3 rings (SSSR count). The van der Waals surface area contributed by atoms with Crippen molar-refractivity contribution in [3.05, 3.63) is 82.9 Å². The van der Waals surface area contributed by atoms with Crippen LogP contribution in [0.15, 0.2) is 66.7 Å². The molecule has 0 aromatic heterocycles. The van der Waals surface area contributed by atoms with Crippen molar-refractivity contribution in [1.29, 1.82) is 0 Å². The van der Waals surface area contributed by atoms with Gasteiger partial charge in [-0.1, -0.05) is 35.9 Å². The second kappa shape index (κ2) is 9.12. The molecule has 0 unspecified atom stereocenters. The van der Waals surface area contributed by atoms with Crippen LogP contribution in [-0.4, -0.2) is 30.5 Å². The van der Waals surface area contributed by atoms with Crippen molar-refractivity contribution in [1.82, 2.24) is 0 Å². The van der Waals surface area contributed by atoms with E-state index in [-0.39, 0.29) is 29.0 Å². The Hall–Kier alpha value is -3.51. The summed E-state index contributed by atoms with van der Waals surface area (Å²) in [7, 11) is 1.50. The summed E-state index contributed by atoms with van der Waals surface area (Å²) >= 11 is 6.30. The van der Waals surface area contributed by atoms with Crippen LogP contribution in [0.3, 0.4) is 0 Å². The van der Waals surface area contributed by atoms with Gasteiger partial charge in [0.2, 0.25) is 5.91 Å². The van der Waals surface area contributed by atoms with E-state index in [4.69, 9.17) is 16.3 Å². The number of phenols is 1. The van der Waals surface area contributed by atoms with Crippen molar-refractivity contribution in [3.8, 4) is 11.5 Å². The predicted octanol–water partition coefficient (Wildman–Crippen LogP) is 4.34. The van der Waals surface area contributed by atoms with Crippen LogP contribution in [-0.2, 0) is 4.79 Å². The van der Waals surface area contributed by atoms with E-state index in [0.29, 0.717) is 28.3 Å². The molecule has 6 nitrogen and oxygen atoms in total. The third-order valence-corrected chi connectivity index (χ3v) is 4.51. The Balaban J connectivity index is 1.67. The molecule has 0 atom stereocenters. The van der Waals surface area contributed by atoms with Gasteiger partial charge in [0.15, 0.2) is 5.78 Å². The van der Waals surface area contributed by atoms with Crippen molar-refractivity contribution in [3.63, 3.8) is 0 Å². The molecule has 0 saturated carbocycles. The van der Waals surface area contributed by atoms with E-state index in [1.807, 2.05) is 0 Å². The van der Waals surface area contributed by atoms with Crippen LogP contribution in [0.5, 0.6) is 11.5 Å². The number of rotatable bonds is 7. The van der Waals surface area contributed by atoms with Crippen molar-refractivity contribution >= 4 is 34.7 Å². The maximum absolute atomic E-state index is 12.8. The van der Waals surface area contributed by atoms with Gasteiger partial charge in [0.25, 0.3) is 0 Å². The molecular weight excluding hydrogens is 392 g/mol. The van der Waals surface area contributed by atoms with Crippen molar-refractivity contribution in [2.24, 2.45) is 0 Å². The number of ketones is 1. The minimum atomic E-state index is -0.336. The maximum atomic E-state index is 12.8. The molecule has 0 heterocycles. The highest BCUT2D eigenvalue weighted by Crippen LogP contribution is 2.27. The van der Waals surface area contributed by atoms with E-state index in [9.17, 15) is 14.7 Å². The average Bonchev–Trinajstić information content (AvgIpc) is 2.73. The molecule has 3 aromatic carbocycles. The number of carbonyl (C=O) groups is 2. The van der Waals surface area contributed by atoms with Crippen molar-refractivity contribution in [2.75, 3.05) is 24.3 Å². The van der Waals surface area contributed by atoms with E-state index in [0.717, 1.165) is 0 Å². The van der Waals surface area contributed by atoms with Crippen molar-refractivity contribution < 1.29 is 19.4 Å². The van der Waals surface area contributed by atoms with Crippen LogP contribution >= 0.6 is 11.6 Å². The standard InChI is InChI=1S/C22H19ClN2O4/c1-29-20-9-5-2-6-16(20)22(28)15-11-10-14(12-17(15)23)24-13-21(27)25-18-7-3-4-8-19(18)26/h2-12,24,26H,13H2,1H3,(H,25,27). The summed E-state index contributed by atoms with van der Waals surface area (Å²) in [6, 6.07) is 18.2. The van der Waals surface area contributed by atoms with Gasteiger partial charge in [-0.3, -0.25) is 9.59 Å². The summed E-state index contributed by atoms with van der Waals surface area (Å²) in [5.74, 6) is -0.132. The number of amides is 1. The van der Waals surface area contributed by atoms with Gasteiger partial charge in [0.05, 0.1) is 29.9 Å². The zero-order valence-electron chi connectivity index (χ0n) is 15.6. The Morgan fingerprint density at radius 3 is 2.45 bits per heavy atom. The fraction of sp³-hybridized carbons (Fsp3) is 0.0909. The Bertz CT molecular complexity index is 1050. The first kappa shape index (κ1) is 20.2. The fourth-order valence-corrected chi connectivity index (χ4v) is 3.01. The highest BCUT2D eigenvalue weighted by atomic mass is 35.5. The zero-order chi connectivity index (χ0) is 20.8. The average molecular weight is 411 g/mol. The molecule has 148 valence electrons. The lowest BCUT2D eigenvalue weighted by Crippen LogP contribution is -2.21. The number of phenolic OH excluding ortho intramolecular Hbond substituents is 1. The minimum Gasteiger partial charge on any atom is -0.506 e. The first-order valence-corrected chi connectivity index (χ1v) is 9.16. The molecule has 0 aliphatic rings. The number of ether oxygens (including phenoxy) is 1. The number of benzene rings is 3. The first-order chi connectivity index (χ1) is 14.0. The molecule has 0 radical (unpaired) electrons. The molecule has 0 spiro atoms. The number of anilines is 2. The summed E-state index contributed by atoms with van der Waals surface area (Å²) in [5, 5.41) is 15.5. The molecule has 29 heavy (non-hydrogen) atoms. The van der Waals surface area contributed by atoms with Crippen LogP contribution in [0.2, 0.25) is 5.02 Å². The number of hydrogen-bond acceptors (Lipinski definition) is 5. The van der Waals surface area contributed by atoms with Gasteiger partial charge in [-0.2, -0.15) is 0 Å². The summed E-state index contributed by atoms with van der Waals surface area (Å²) in [4.78, 5) is 24.9. The Morgan fingerprint density at radius 1 is 1.00 bits per heavy atom. The number of carbonyl (C=O) groups excluding carboxylic acids is 2. The van der Waals surface area contributed by atoms with E-state index in [2.05, 4.69) is 10.6 Å². The highest BCUT2D eigenvalue weighted by molar-refractivity contribution is 6.35. The topological polar surface area (TPSA) is 87.7 Å². The number of hydrogen-bond donors (Lipinski definition) is 3. The molecule has 0 bridgehead atoms. The summed E-state index contributed by atoms with van der Waals surface area (Å²) in [6.07, 6.45) is 0. The van der Waals surface area contributed by atoms with E-state index in [1.165, 1.54) is 13.2 Å². The quantitative estimate of drug-likeness (QED) is 0.398. The smallest absolute Gasteiger partial charge is 0.243 e. The Morgan fingerprint density at radius 2 is 1.72 bits per heavy atom. The van der Waals surface area contributed by atoms with Crippen LogP contribution in [0.4, 0.5) is 11.4 Å². The SMILES string of the molecule is COc1ccccc1C(=O)c1ccc(NCC(=O)Nc2ccccc2O)cc1Cl. The molecule has 0 aliphatic carbocycles. The lowest BCUT2D eigenvalue weighted by molar-refractivity contribution is -0.114. The van der Waals surface area contributed by atoms with E-state index in [1.54, 1.807) is 60.7 Å². The van der Waals surface area contributed by atoms with E-state index < -0.39 is 0 Å². The van der Waals surface area contributed by atoms with Gasteiger partial charge in [-0.05, 0) is 42.5 Å². The lowest BCUT2D eigenvalue weighted by atomic mass is 10.0. The van der Waals surface area contributed by atoms with Crippen molar-refractivity contribution in [2.45, 2.75) is 0 Å². The molecule has 7 heteroatoms. The lowest BCUT2D eigenvalue weighted by Gasteiger charge is -2.11. The third kappa shape index (κ3) is 4.86. The second-order valence-electron chi connectivity index (χ2n) is 6.14. The normalized spacial score (nSPS) is 10.3. The molecule has 0 aliphatic heterocycles. The Labute approximate surface area is 173 Å². The van der Waals surface area contributed by atoms with Crippen LogP contribution in [0.1, 0.15) is 15.9 Å². The van der Waals surface area contributed by atoms with Gasteiger partial charge in [-0.25, -0.2) is 0 Å². The molecule has 0 saturated heterocycles. The van der Waals surface area contributed by atoms with Gasteiger partial charge in [0.1, 0.15) is 11.5 Å². The molecule has 3 N–H and O–H groups in total. The van der Waals surface area contributed by atoms with Crippen LogP contribution < -0.4 is 15.4 Å². The monoisotopic (exact) mass is 410 g/mol. The number of nitrogens with one attached hydrogen (secondary N) is 2. The van der Waals surface area contributed by atoms with Crippen LogP contribution in [0.25, 0.3) is 0 Å². The number of halogens is 1. The van der Waals surface area contributed by atoms with Gasteiger partial charge in [0, 0.05) is 11.3 Å². The number of para-hydroxylation sites is 3. The molecular formula is C22H19ClN2O4. The molecule has 3 aromatic rings. The minimum absolute atomic E-state index is 0.0110. The largest absolute Gasteiger partial charge is 0.506 e. The Kier molecular flexibility index (Phi) is 6.36. The summed E-state index contributed by atoms with van der Waals surface area (Å²) in [6.45, 7) is -0.0372. The van der Waals surface area contributed by atoms with Gasteiger partial charge in [-0.15, -0.1) is 0 Å². The summed E-state index contributed by atoms with van der Waals surface area (Å²) < 4.78 is 5.24.